The molecule has 0 aliphatic heterocycles. The Morgan fingerprint density at radius 2 is 1.80 bits per heavy atom. The molecule has 0 aliphatic rings. The Bertz CT molecular complexity index is 38.0. The molecule has 0 rings (SSSR count). The van der Waals surface area contributed by atoms with E-state index in [0.717, 1.165) is 12.5 Å². The summed E-state index contributed by atoms with van der Waals surface area (Å²) < 4.78 is 0. The number of rotatable bonds is 4. The summed E-state index contributed by atoms with van der Waals surface area (Å²) in [5.41, 5.74) is 0. The van der Waals surface area contributed by atoms with Gasteiger partial charge in [0.05, 0.1) is 0 Å². The van der Waals surface area contributed by atoms with E-state index < -0.39 is 0 Å². The minimum absolute atomic E-state index is 0.852. The summed E-state index contributed by atoms with van der Waals surface area (Å²) in [6, 6.07) is 0. The van der Waals surface area contributed by atoms with Gasteiger partial charge in [0.25, 0.3) is 0 Å². The first-order chi connectivity index (χ1) is 4.81. The standard InChI is InChI=1S/C7H17N.C2H6/c1-4-5-7(2)6-8-3;1-2/h7-8H,4-6H2,1-3H3;1-2H3. The molecule has 1 unspecified atom stereocenters. The third-order valence-electron chi connectivity index (χ3n) is 1.33. The molecule has 1 heteroatoms. The topological polar surface area (TPSA) is 12.0 Å². The zero-order valence-corrected chi connectivity index (χ0v) is 8.20. The predicted molar refractivity (Wildman–Crippen MR) is 49.3 cm³/mol. The molecular weight excluding hydrogens is 122 g/mol. The number of nitrogens with one attached hydrogen (secondary N) is 1. The molecule has 1 N–H and O–H groups in total. The van der Waals surface area contributed by atoms with Crippen LogP contribution in [0.25, 0.3) is 0 Å². The van der Waals surface area contributed by atoms with Crippen LogP contribution in [0.3, 0.4) is 0 Å². The molecule has 0 bridgehead atoms. The molecule has 0 spiro atoms. The van der Waals surface area contributed by atoms with Crippen molar-refractivity contribution in [2.75, 3.05) is 13.6 Å². The Kier molecular flexibility index (Phi) is 14.8. The van der Waals surface area contributed by atoms with Crippen LogP contribution in [-0.2, 0) is 0 Å². The van der Waals surface area contributed by atoms with Gasteiger partial charge in [0.2, 0.25) is 0 Å². The van der Waals surface area contributed by atoms with Crippen LogP contribution in [0.4, 0.5) is 0 Å². The highest BCUT2D eigenvalue weighted by Crippen LogP contribution is 2.01. The van der Waals surface area contributed by atoms with Crippen molar-refractivity contribution in [3.05, 3.63) is 0 Å². The Hall–Kier alpha value is -0.0400. The molecule has 0 aromatic carbocycles. The van der Waals surface area contributed by atoms with Crippen LogP contribution in [0.2, 0.25) is 0 Å². The van der Waals surface area contributed by atoms with Crippen LogP contribution in [-0.4, -0.2) is 13.6 Å². The molecule has 0 fully saturated rings. The van der Waals surface area contributed by atoms with Crippen LogP contribution in [0.1, 0.15) is 40.5 Å². The van der Waals surface area contributed by atoms with Crippen LogP contribution in [0, 0.1) is 5.92 Å². The predicted octanol–water partition coefficient (Wildman–Crippen LogP) is 2.67. The molecule has 0 saturated carbocycles. The lowest BCUT2D eigenvalue weighted by Crippen LogP contribution is -2.15. The van der Waals surface area contributed by atoms with Gasteiger partial charge in [-0.05, 0) is 25.9 Å². The summed E-state index contributed by atoms with van der Waals surface area (Å²) in [7, 11) is 2.01. The van der Waals surface area contributed by atoms with Crippen LogP contribution in [0.15, 0.2) is 0 Å². The highest BCUT2D eigenvalue weighted by Gasteiger charge is 1.95. The van der Waals surface area contributed by atoms with Crippen molar-refractivity contribution < 1.29 is 0 Å². The highest BCUT2D eigenvalue weighted by atomic mass is 14.8. The van der Waals surface area contributed by atoms with Crippen molar-refractivity contribution in [1.82, 2.24) is 5.32 Å². The fourth-order valence-corrected chi connectivity index (χ4v) is 0.943. The summed E-state index contributed by atoms with van der Waals surface area (Å²) >= 11 is 0. The van der Waals surface area contributed by atoms with Crippen molar-refractivity contribution >= 4 is 0 Å². The summed E-state index contributed by atoms with van der Waals surface area (Å²) in [5.74, 6) is 0.852. The average Bonchev–Trinajstić information content (AvgIpc) is 1.93. The Morgan fingerprint density at radius 3 is 2.10 bits per heavy atom. The smallest absolute Gasteiger partial charge is 0.00262 e. The second kappa shape index (κ2) is 11.7. The van der Waals surface area contributed by atoms with Gasteiger partial charge in [0, 0.05) is 0 Å². The van der Waals surface area contributed by atoms with Gasteiger partial charge in [0.1, 0.15) is 0 Å². The van der Waals surface area contributed by atoms with E-state index in [-0.39, 0.29) is 0 Å². The Balaban J connectivity index is 0. The lowest BCUT2D eigenvalue weighted by atomic mass is 10.1. The maximum atomic E-state index is 3.15. The van der Waals surface area contributed by atoms with Gasteiger partial charge >= 0.3 is 0 Å². The van der Waals surface area contributed by atoms with Crippen molar-refractivity contribution in [3.63, 3.8) is 0 Å². The van der Waals surface area contributed by atoms with Gasteiger partial charge in [-0.25, -0.2) is 0 Å². The van der Waals surface area contributed by atoms with Crippen molar-refractivity contribution in [2.45, 2.75) is 40.5 Å². The maximum Gasteiger partial charge on any atom is -0.00262 e. The minimum Gasteiger partial charge on any atom is -0.319 e. The van der Waals surface area contributed by atoms with Crippen molar-refractivity contribution in [3.8, 4) is 0 Å². The summed E-state index contributed by atoms with van der Waals surface area (Å²) in [4.78, 5) is 0. The van der Waals surface area contributed by atoms with E-state index in [0.29, 0.717) is 0 Å². The Labute approximate surface area is 66.2 Å². The van der Waals surface area contributed by atoms with Gasteiger partial charge in [-0.2, -0.15) is 0 Å². The third kappa shape index (κ3) is 10.9. The van der Waals surface area contributed by atoms with Gasteiger partial charge in [0.15, 0.2) is 0 Å². The minimum atomic E-state index is 0.852. The number of hydrogen-bond donors (Lipinski definition) is 1. The molecular formula is C9H23N. The second-order valence-corrected chi connectivity index (χ2v) is 2.45. The monoisotopic (exact) mass is 145 g/mol. The van der Waals surface area contributed by atoms with E-state index >= 15 is 0 Å². The first-order valence-electron chi connectivity index (χ1n) is 4.45. The van der Waals surface area contributed by atoms with E-state index in [2.05, 4.69) is 19.2 Å². The van der Waals surface area contributed by atoms with Gasteiger partial charge in [-0.3, -0.25) is 0 Å². The molecule has 0 saturated heterocycles. The first kappa shape index (κ1) is 12.6. The molecule has 1 atom stereocenters. The summed E-state index contributed by atoms with van der Waals surface area (Å²) in [5, 5.41) is 3.15. The van der Waals surface area contributed by atoms with Crippen molar-refractivity contribution in [2.24, 2.45) is 5.92 Å². The normalized spacial score (nSPS) is 11.7. The fourth-order valence-electron chi connectivity index (χ4n) is 0.943. The fraction of sp³-hybridized carbons (Fsp3) is 1.00. The second-order valence-electron chi connectivity index (χ2n) is 2.45. The molecule has 10 heavy (non-hydrogen) atoms. The van der Waals surface area contributed by atoms with E-state index in [1.165, 1.54) is 12.8 Å². The SMILES string of the molecule is CC.CCCC(C)CNC. The molecule has 0 heterocycles. The molecule has 0 aromatic heterocycles. The molecule has 0 aliphatic carbocycles. The maximum absolute atomic E-state index is 3.15. The molecule has 0 amide bonds. The van der Waals surface area contributed by atoms with Gasteiger partial charge in [-0.15, -0.1) is 0 Å². The van der Waals surface area contributed by atoms with Crippen LogP contribution < -0.4 is 5.32 Å². The van der Waals surface area contributed by atoms with Crippen LogP contribution in [0.5, 0.6) is 0 Å². The summed E-state index contributed by atoms with van der Waals surface area (Å²) in [6.07, 6.45) is 2.66. The Morgan fingerprint density at radius 1 is 1.30 bits per heavy atom. The van der Waals surface area contributed by atoms with E-state index in [4.69, 9.17) is 0 Å². The quantitative estimate of drug-likeness (QED) is 0.641. The van der Waals surface area contributed by atoms with E-state index in [9.17, 15) is 0 Å². The van der Waals surface area contributed by atoms with E-state index in [1.807, 2.05) is 20.9 Å². The zero-order chi connectivity index (χ0) is 8.41. The first-order valence-corrected chi connectivity index (χ1v) is 4.45. The van der Waals surface area contributed by atoms with Crippen LogP contribution >= 0.6 is 0 Å². The molecule has 1 nitrogen and oxygen atoms in total. The van der Waals surface area contributed by atoms with Gasteiger partial charge < -0.3 is 5.32 Å². The lowest BCUT2D eigenvalue weighted by molar-refractivity contribution is 0.498. The highest BCUT2D eigenvalue weighted by molar-refractivity contribution is 4.52. The molecule has 0 aromatic rings. The van der Waals surface area contributed by atoms with Crippen molar-refractivity contribution in [1.29, 1.82) is 0 Å². The average molecular weight is 145 g/mol. The lowest BCUT2D eigenvalue weighted by Gasteiger charge is -2.06. The molecule has 0 radical (unpaired) electrons. The largest absolute Gasteiger partial charge is 0.319 e. The third-order valence-corrected chi connectivity index (χ3v) is 1.33. The van der Waals surface area contributed by atoms with Gasteiger partial charge in [-0.1, -0.05) is 34.1 Å². The summed E-state index contributed by atoms with van der Waals surface area (Å²) in [6.45, 7) is 9.67. The molecule has 64 valence electrons. The number of hydrogen-bond acceptors (Lipinski definition) is 1. The van der Waals surface area contributed by atoms with E-state index in [1.54, 1.807) is 0 Å². The zero-order valence-electron chi connectivity index (χ0n) is 8.20.